The van der Waals surface area contributed by atoms with Gasteiger partial charge in [0, 0.05) is 0 Å². The van der Waals surface area contributed by atoms with Crippen LogP contribution in [0.3, 0.4) is 0 Å². The highest BCUT2D eigenvalue weighted by Crippen LogP contribution is 2.34. The molecule has 1 aromatic rings. The van der Waals surface area contributed by atoms with Crippen LogP contribution in [0, 0.1) is 6.92 Å². The molecule has 0 bridgehead atoms. The van der Waals surface area contributed by atoms with Gasteiger partial charge in [0.05, 0.1) is 6.04 Å². The SMILES string of the molecule is Cc1ccccc1C(C)NC(=O)CN1C(=O)NC2(CCCC2)C1=O. The summed E-state index contributed by atoms with van der Waals surface area (Å²) in [5.74, 6) is -0.590. The molecule has 1 atom stereocenters. The molecule has 1 saturated carbocycles. The molecule has 1 unspecified atom stereocenters. The lowest BCUT2D eigenvalue weighted by molar-refractivity contribution is -0.135. The van der Waals surface area contributed by atoms with Crippen molar-refractivity contribution in [2.24, 2.45) is 0 Å². The van der Waals surface area contributed by atoms with Crippen molar-refractivity contribution in [3.05, 3.63) is 35.4 Å². The van der Waals surface area contributed by atoms with Crippen molar-refractivity contribution < 1.29 is 14.4 Å². The highest BCUT2D eigenvalue weighted by Gasteiger charge is 2.52. The maximum atomic E-state index is 12.5. The van der Waals surface area contributed by atoms with Crippen molar-refractivity contribution in [1.29, 1.82) is 0 Å². The first-order chi connectivity index (χ1) is 11.4. The van der Waals surface area contributed by atoms with Crippen molar-refractivity contribution in [3.8, 4) is 0 Å². The first-order valence-electron chi connectivity index (χ1n) is 8.42. The van der Waals surface area contributed by atoms with Gasteiger partial charge in [0.2, 0.25) is 5.91 Å². The second kappa shape index (κ2) is 6.26. The molecule has 2 N–H and O–H groups in total. The van der Waals surface area contributed by atoms with Crippen LogP contribution in [-0.2, 0) is 9.59 Å². The van der Waals surface area contributed by atoms with Gasteiger partial charge in [-0.2, -0.15) is 0 Å². The number of aryl methyl sites for hydroxylation is 1. The number of urea groups is 1. The van der Waals surface area contributed by atoms with E-state index >= 15 is 0 Å². The van der Waals surface area contributed by atoms with Crippen molar-refractivity contribution in [2.45, 2.75) is 51.1 Å². The average Bonchev–Trinajstić information content (AvgIpc) is 3.09. The fraction of sp³-hybridized carbons (Fsp3) is 0.500. The number of carbonyl (C=O) groups excluding carboxylic acids is 3. The van der Waals surface area contributed by atoms with Gasteiger partial charge in [-0.1, -0.05) is 37.1 Å². The Bertz CT molecular complexity index is 680. The first-order valence-corrected chi connectivity index (χ1v) is 8.42. The summed E-state index contributed by atoms with van der Waals surface area (Å²) < 4.78 is 0. The minimum absolute atomic E-state index is 0.181. The van der Waals surface area contributed by atoms with E-state index in [4.69, 9.17) is 0 Å². The van der Waals surface area contributed by atoms with Gasteiger partial charge in [-0.05, 0) is 37.8 Å². The zero-order valence-electron chi connectivity index (χ0n) is 14.1. The van der Waals surface area contributed by atoms with Gasteiger partial charge < -0.3 is 10.6 Å². The van der Waals surface area contributed by atoms with Crippen LogP contribution in [-0.4, -0.2) is 34.8 Å². The number of nitrogens with zero attached hydrogens (tertiary/aromatic N) is 1. The van der Waals surface area contributed by atoms with Gasteiger partial charge in [-0.3, -0.25) is 14.5 Å². The molecule has 128 valence electrons. The van der Waals surface area contributed by atoms with Crippen molar-refractivity contribution in [3.63, 3.8) is 0 Å². The number of carbonyl (C=O) groups is 3. The third-order valence-electron chi connectivity index (χ3n) is 5.04. The molecular formula is C18H23N3O3. The number of hydrogen-bond acceptors (Lipinski definition) is 3. The molecule has 2 fully saturated rings. The molecule has 0 aromatic heterocycles. The Kier molecular flexibility index (Phi) is 4.30. The van der Waals surface area contributed by atoms with Crippen LogP contribution < -0.4 is 10.6 Å². The molecule has 1 saturated heterocycles. The maximum absolute atomic E-state index is 12.5. The van der Waals surface area contributed by atoms with Crippen LogP contribution in [0.25, 0.3) is 0 Å². The molecule has 1 aliphatic heterocycles. The van der Waals surface area contributed by atoms with Crippen LogP contribution in [0.1, 0.15) is 49.8 Å². The molecule has 1 heterocycles. The zero-order chi connectivity index (χ0) is 17.3. The number of hydrogen-bond donors (Lipinski definition) is 2. The summed E-state index contributed by atoms with van der Waals surface area (Å²) in [6.07, 6.45) is 3.18. The lowest BCUT2D eigenvalue weighted by Crippen LogP contribution is -2.45. The predicted molar refractivity (Wildman–Crippen MR) is 89.2 cm³/mol. The largest absolute Gasteiger partial charge is 0.348 e. The van der Waals surface area contributed by atoms with E-state index in [-0.39, 0.29) is 24.4 Å². The quantitative estimate of drug-likeness (QED) is 0.830. The monoisotopic (exact) mass is 329 g/mol. The van der Waals surface area contributed by atoms with Gasteiger partial charge in [0.15, 0.2) is 0 Å². The number of rotatable bonds is 4. The summed E-state index contributed by atoms with van der Waals surface area (Å²) in [4.78, 5) is 38.0. The van der Waals surface area contributed by atoms with Gasteiger partial charge in [0.25, 0.3) is 5.91 Å². The van der Waals surface area contributed by atoms with Gasteiger partial charge in [0.1, 0.15) is 12.1 Å². The molecule has 2 aliphatic rings. The first kappa shape index (κ1) is 16.5. The van der Waals surface area contributed by atoms with E-state index in [0.29, 0.717) is 12.8 Å². The molecule has 6 nitrogen and oxygen atoms in total. The highest BCUT2D eigenvalue weighted by atomic mass is 16.2. The predicted octanol–water partition coefficient (Wildman–Crippen LogP) is 2.04. The van der Waals surface area contributed by atoms with Gasteiger partial charge in [-0.25, -0.2) is 4.79 Å². The number of nitrogens with one attached hydrogen (secondary N) is 2. The van der Waals surface area contributed by atoms with Crippen LogP contribution >= 0.6 is 0 Å². The Morgan fingerprint density at radius 2 is 1.96 bits per heavy atom. The van der Waals surface area contributed by atoms with Crippen LogP contribution in [0.2, 0.25) is 0 Å². The number of benzene rings is 1. The van der Waals surface area contributed by atoms with E-state index in [0.717, 1.165) is 28.9 Å². The van der Waals surface area contributed by atoms with Crippen LogP contribution in [0.15, 0.2) is 24.3 Å². The summed E-state index contributed by atoms with van der Waals surface area (Å²) in [6.45, 7) is 3.65. The van der Waals surface area contributed by atoms with E-state index < -0.39 is 11.6 Å². The topological polar surface area (TPSA) is 78.5 Å². The summed E-state index contributed by atoms with van der Waals surface area (Å²) in [6, 6.07) is 7.18. The van der Waals surface area contributed by atoms with Crippen molar-refractivity contribution in [2.75, 3.05) is 6.54 Å². The van der Waals surface area contributed by atoms with Crippen molar-refractivity contribution in [1.82, 2.24) is 15.5 Å². The standard InChI is InChI=1S/C18H23N3O3/c1-12-7-3-4-8-14(12)13(2)19-15(22)11-21-16(23)18(20-17(21)24)9-5-6-10-18/h3-4,7-8,13H,5-6,9-11H2,1-2H3,(H,19,22)(H,20,24). The molecule has 1 aromatic carbocycles. The van der Waals surface area contributed by atoms with E-state index in [1.165, 1.54) is 0 Å². The molecule has 3 rings (SSSR count). The molecule has 4 amide bonds. The second-order valence-corrected chi connectivity index (χ2v) is 6.76. The van der Waals surface area contributed by atoms with E-state index in [9.17, 15) is 14.4 Å². The fourth-order valence-electron chi connectivity index (χ4n) is 3.72. The lowest BCUT2D eigenvalue weighted by atomic mass is 9.98. The molecule has 24 heavy (non-hydrogen) atoms. The normalized spacial score (nSPS) is 20.3. The number of imide groups is 1. The minimum atomic E-state index is -0.765. The average molecular weight is 329 g/mol. The van der Waals surface area contributed by atoms with Crippen LogP contribution in [0.5, 0.6) is 0 Å². The lowest BCUT2D eigenvalue weighted by Gasteiger charge is -2.21. The van der Waals surface area contributed by atoms with Crippen molar-refractivity contribution >= 4 is 17.8 Å². The Morgan fingerprint density at radius 1 is 1.29 bits per heavy atom. The van der Waals surface area contributed by atoms with E-state index in [2.05, 4.69) is 10.6 Å². The second-order valence-electron chi connectivity index (χ2n) is 6.76. The van der Waals surface area contributed by atoms with E-state index in [1.807, 2.05) is 38.1 Å². The third-order valence-corrected chi connectivity index (χ3v) is 5.04. The summed E-state index contributed by atoms with van der Waals surface area (Å²) in [5, 5.41) is 5.66. The third kappa shape index (κ3) is 2.88. The number of amides is 4. The Balaban J connectivity index is 1.64. The van der Waals surface area contributed by atoms with E-state index in [1.54, 1.807) is 0 Å². The highest BCUT2D eigenvalue weighted by molar-refractivity contribution is 6.09. The Morgan fingerprint density at radius 3 is 2.62 bits per heavy atom. The Labute approximate surface area is 141 Å². The Hall–Kier alpha value is -2.37. The smallest absolute Gasteiger partial charge is 0.325 e. The summed E-state index contributed by atoms with van der Waals surface area (Å²) in [7, 11) is 0. The fourth-order valence-corrected chi connectivity index (χ4v) is 3.72. The molecule has 1 aliphatic carbocycles. The zero-order valence-corrected chi connectivity index (χ0v) is 14.1. The van der Waals surface area contributed by atoms with Crippen LogP contribution in [0.4, 0.5) is 4.79 Å². The molecule has 6 heteroatoms. The minimum Gasteiger partial charge on any atom is -0.348 e. The van der Waals surface area contributed by atoms with Gasteiger partial charge in [-0.15, -0.1) is 0 Å². The molecular weight excluding hydrogens is 306 g/mol. The summed E-state index contributed by atoms with van der Waals surface area (Å²) in [5.41, 5.74) is 1.35. The van der Waals surface area contributed by atoms with Gasteiger partial charge >= 0.3 is 6.03 Å². The maximum Gasteiger partial charge on any atom is 0.325 e. The summed E-state index contributed by atoms with van der Waals surface area (Å²) >= 11 is 0. The molecule has 1 spiro atoms. The molecule has 0 radical (unpaired) electrons.